The Balaban J connectivity index is 2.08. The van der Waals surface area contributed by atoms with Gasteiger partial charge in [0.1, 0.15) is 18.1 Å². The number of primary amides is 1. The van der Waals surface area contributed by atoms with Gasteiger partial charge < -0.3 is 10.2 Å². The van der Waals surface area contributed by atoms with Crippen LogP contribution in [0.15, 0.2) is 63.9 Å². The summed E-state index contributed by atoms with van der Waals surface area (Å²) in [7, 11) is -3.33. The molecular formula is C19H17ClN2O5S. The van der Waals surface area contributed by atoms with Crippen LogP contribution in [0.1, 0.15) is 5.76 Å². The van der Waals surface area contributed by atoms with Gasteiger partial charge in [-0.15, -0.1) is 0 Å². The highest BCUT2D eigenvalue weighted by atomic mass is 35.5. The predicted molar refractivity (Wildman–Crippen MR) is 105 cm³/mol. The number of nitrogens with zero attached hydrogens (tertiary/aromatic N) is 1. The first-order chi connectivity index (χ1) is 13.1. The molecule has 2 amide bonds. The molecule has 0 aliphatic carbocycles. The highest BCUT2D eigenvalue weighted by Gasteiger charge is 2.18. The molecule has 3 aromatic rings. The molecule has 28 heavy (non-hydrogen) atoms. The zero-order valence-corrected chi connectivity index (χ0v) is 16.4. The topological polar surface area (TPSA) is 114 Å². The molecule has 0 atom stereocenters. The Morgan fingerprint density at radius 2 is 1.68 bits per heavy atom. The molecule has 0 saturated carbocycles. The van der Waals surface area contributed by atoms with Gasteiger partial charge in [-0.3, -0.25) is 5.21 Å². The van der Waals surface area contributed by atoms with Crippen molar-refractivity contribution in [2.24, 2.45) is 5.73 Å². The number of nitrogens with two attached hydrogens (primary N) is 1. The lowest BCUT2D eigenvalue weighted by molar-refractivity contribution is -0.0511. The van der Waals surface area contributed by atoms with Crippen LogP contribution in [0, 0.1) is 0 Å². The number of benzene rings is 2. The quantitative estimate of drug-likeness (QED) is 0.479. The van der Waals surface area contributed by atoms with Gasteiger partial charge in [-0.1, -0.05) is 23.7 Å². The fraction of sp³-hybridized carbons (Fsp3) is 0.105. The highest BCUT2D eigenvalue weighted by Crippen LogP contribution is 2.36. The van der Waals surface area contributed by atoms with Gasteiger partial charge in [-0.05, 0) is 48.0 Å². The minimum atomic E-state index is -3.33. The second-order valence-corrected chi connectivity index (χ2v) is 8.61. The maximum atomic E-state index is 11.7. The number of sulfone groups is 1. The number of hydrogen-bond donors (Lipinski definition) is 2. The molecule has 7 nitrogen and oxygen atoms in total. The average Bonchev–Trinajstić information content (AvgIpc) is 3.05. The summed E-state index contributed by atoms with van der Waals surface area (Å²) in [5, 5.41) is 10.5. The zero-order chi connectivity index (χ0) is 20.5. The standard InChI is InChI=1S/C19H17ClN2O5S/c1-28(25,26)16-8-4-13(5-9-16)18-17(12-2-6-14(20)7-3-12)10-15(27-18)11-22(24)19(21)23/h2-10,24H,11H2,1H3,(H2,21,23). The van der Waals surface area contributed by atoms with E-state index in [9.17, 15) is 18.4 Å². The normalized spacial score (nSPS) is 11.4. The Labute approximate surface area is 166 Å². The number of furan rings is 1. The fourth-order valence-electron chi connectivity index (χ4n) is 2.66. The van der Waals surface area contributed by atoms with Gasteiger partial charge in [0.2, 0.25) is 0 Å². The van der Waals surface area contributed by atoms with Gasteiger partial charge in [0.25, 0.3) is 0 Å². The van der Waals surface area contributed by atoms with Crippen LogP contribution >= 0.6 is 11.6 Å². The van der Waals surface area contributed by atoms with E-state index in [1.807, 2.05) is 0 Å². The van der Waals surface area contributed by atoms with E-state index in [1.165, 1.54) is 12.1 Å². The molecule has 1 heterocycles. The van der Waals surface area contributed by atoms with E-state index < -0.39 is 15.9 Å². The second kappa shape index (κ2) is 7.67. The summed E-state index contributed by atoms with van der Waals surface area (Å²) in [4.78, 5) is 11.3. The van der Waals surface area contributed by atoms with E-state index in [4.69, 9.17) is 21.8 Å². The van der Waals surface area contributed by atoms with E-state index in [0.717, 1.165) is 11.8 Å². The molecule has 0 bridgehead atoms. The van der Waals surface area contributed by atoms with Crippen molar-refractivity contribution in [3.05, 3.63) is 65.4 Å². The Hall–Kier alpha value is -2.81. The van der Waals surface area contributed by atoms with Crippen molar-refractivity contribution in [2.75, 3.05) is 6.26 Å². The molecule has 3 rings (SSSR count). The van der Waals surface area contributed by atoms with E-state index in [2.05, 4.69) is 0 Å². The lowest BCUT2D eigenvalue weighted by Crippen LogP contribution is -2.31. The van der Waals surface area contributed by atoms with E-state index in [0.29, 0.717) is 32.7 Å². The fourth-order valence-corrected chi connectivity index (χ4v) is 3.41. The SMILES string of the molecule is CS(=O)(=O)c1ccc(-c2oc(CN(O)C(N)=O)cc2-c2ccc(Cl)cc2)cc1. The Morgan fingerprint density at radius 1 is 1.11 bits per heavy atom. The molecule has 3 N–H and O–H groups in total. The lowest BCUT2D eigenvalue weighted by Gasteiger charge is -2.09. The van der Waals surface area contributed by atoms with Crippen LogP contribution in [0.4, 0.5) is 4.79 Å². The maximum absolute atomic E-state index is 11.7. The minimum Gasteiger partial charge on any atom is -0.458 e. The number of halogens is 1. The van der Waals surface area contributed by atoms with Crippen molar-refractivity contribution >= 4 is 27.5 Å². The van der Waals surface area contributed by atoms with Crippen molar-refractivity contribution in [3.63, 3.8) is 0 Å². The van der Waals surface area contributed by atoms with Gasteiger partial charge >= 0.3 is 6.03 Å². The number of amides is 2. The monoisotopic (exact) mass is 420 g/mol. The summed E-state index contributed by atoms with van der Waals surface area (Å²) in [5.74, 6) is 0.753. The molecule has 0 aliphatic heterocycles. The Bertz CT molecular complexity index is 1110. The van der Waals surface area contributed by atoms with E-state index in [1.54, 1.807) is 42.5 Å². The first-order valence-electron chi connectivity index (χ1n) is 8.10. The molecule has 0 saturated heterocycles. The molecular weight excluding hydrogens is 404 g/mol. The summed E-state index contributed by atoms with van der Waals surface area (Å²) in [5.41, 5.74) is 7.17. The number of carbonyl (C=O) groups excluding carboxylic acids is 1. The first kappa shape index (κ1) is 19.9. The van der Waals surface area contributed by atoms with Crippen LogP contribution in [-0.4, -0.2) is 31.0 Å². The van der Waals surface area contributed by atoms with E-state index >= 15 is 0 Å². The van der Waals surface area contributed by atoms with E-state index in [-0.39, 0.29) is 11.4 Å². The molecule has 1 aromatic heterocycles. The third-order valence-electron chi connectivity index (χ3n) is 4.04. The maximum Gasteiger partial charge on any atom is 0.338 e. The largest absolute Gasteiger partial charge is 0.458 e. The predicted octanol–water partition coefficient (Wildman–Crippen LogP) is 3.94. The third kappa shape index (κ3) is 4.36. The summed E-state index contributed by atoms with van der Waals surface area (Å²) in [6, 6.07) is 13.9. The molecule has 146 valence electrons. The van der Waals surface area contributed by atoms with Crippen molar-refractivity contribution in [1.29, 1.82) is 0 Å². The van der Waals surface area contributed by atoms with Gasteiger partial charge in [-0.25, -0.2) is 13.2 Å². The molecule has 0 radical (unpaired) electrons. The van der Waals surface area contributed by atoms with Gasteiger partial charge in [0, 0.05) is 22.4 Å². The van der Waals surface area contributed by atoms with Crippen LogP contribution in [0.25, 0.3) is 22.5 Å². The number of urea groups is 1. The number of rotatable bonds is 5. The smallest absolute Gasteiger partial charge is 0.338 e. The summed E-state index contributed by atoms with van der Waals surface area (Å²) < 4.78 is 29.2. The van der Waals surface area contributed by atoms with Crippen LogP contribution in [0.2, 0.25) is 5.02 Å². The third-order valence-corrected chi connectivity index (χ3v) is 5.42. The van der Waals surface area contributed by atoms with Crippen LogP contribution in [0.3, 0.4) is 0 Å². The molecule has 2 aromatic carbocycles. The van der Waals surface area contributed by atoms with Crippen molar-refractivity contribution in [1.82, 2.24) is 5.06 Å². The summed E-state index contributed by atoms with van der Waals surface area (Å²) in [6.07, 6.45) is 1.13. The van der Waals surface area contributed by atoms with Crippen LogP contribution in [0.5, 0.6) is 0 Å². The van der Waals surface area contributed by atoms with Crippen molar-refractivity contribution < 1.29 is 22.8 Å². The van der Waals surface area contributed by atoms with Crippen molar-refractivity contribution in [3.8, 4) is 22.5 Å². The molecule has 0 aliphatic rings. The number of hydrogen-bond acceptors (Lipinski definition) is 5. The molecule has 0 spiro atoms. The van der Waals surface area contributed by atoms with Gasteiger partial charge in [-0.2, -0.15) is 5.06 Å². The molecule has 0 unspecified atom stereocenters. The van der Waals surface area contributed by atoms with Crippen LogP contribution < -0.4 is 5.73 Å². The molecule has 9 heteroatoms. The highest BCUT2D eigenvalue weighted by molar-refractivity contribution is 7.90. The summed E-state index contributed by atoms with van der Waals surface area (Å²) in [6.45, 7) is -0.239. The first-order valence-corrected chi connectivity index (χ1v) is 10.4. The number of hydroxylamine groups is 2. The Morgan fingerprint density at radius 3 is 2.21 bits per heavy atom. The van der Waals surface area contributed by atoms with Crippen molar-refractivity contribution in [2.45, 2.75) is 11.4 Å². The summed E-state index contributed by atoms with van der Waals surface area (Å²) >= 11 is 5.95. The molecule has 0 fully saturated rings. The van der Waals surface area contributed by atoms with Gasteiger partial charge in [0.15, 0.2) is 9.84 Å². The number of carbonyl (C=O) groups is 1. The lowest BCUT2D eigenvalue weighted by atomic mass is 10.0. The van der Waals surface area contributed by atoms with Crippen LogP contribution in [-0.2, 0) is 16.4 Å². The minimum absolute atomic E-state index is 0.186. The average molecular weight is 421 g/mol. The zero-order valence-electron chi connectivity index (χ0n) is 14.8. The second-order valence-electron chi connectivity index (χ2n) is 6.15. The Kier molecular flexibility index (Phi) is 5.46. The van der Waals surface area contributed by atoms with Gasteiger partial charge in [0.05, 0.1) is 4.90 Å².